The van der Waals surface area contributed by atoms with Crippen LogP contribution in [0.25, 0.3) is 21.6 Å². The normalized spacial score (nSPS) is 10.4. The van der Waals surface area contributed by atoms with Gasteiger partial charge in [-0.05, 0) is 54.5 Å². The first kappa shape index (κ1) is 24.1. The van der Waals surface area contributed by atoms with Crippen molar-refractivity contribution in [2.75, 3.05) is 17.2 Å². The number of hydrogen-bond donors (Lipinski definition) is 2. The number of benzene rings is 3. The summed E-state index contributed by atoms with van der Waals surface area (Å²) in [4.78, 5) is 24.4. The van der Waals surface area contributed by atoms with Crippen molar-refractivity contribution in [3.63, 3.8) is 0 Å². The predicted molar refractivity (Wildman–Crippen MR) is 144 cm³/mol. The Morgan fingerprint density at radius 1 is 0.971 bits per heavy atom. The smallest absolute Gasteiger partial charge is 0.341 e. The van der Waals surface area contributed by atoms with E-state index >= 15 is 0 Å². The van der Waals surface area contributed by atoms with Crippen molar-refractivity contribution >= 4 is 51.0 Å². The lowest BCUT2D eigenvalue weighted by molar-refractivity contribution is -0.384. The van der Waals surface area contributed by atoms with Crippen molar-refractivity contribution in [3.8, 4) is 21.6 Å². The molecule has 0 aliphatic heterocycles. The van der Waals surface area contributed by atoms with Crippen LogP contribution >= 0.6 is 23.6 Å². The van der Waals surface area contributed by atoms with Crippen LogP contribution in [0.3, 0.4) is 0 Å². The van der Waals surface area contributed by atoms with E-state index in [0.29, 0.717) is 26.9 Å². The summed E-state index contributed by atoms with van der Waals surface area (Å²) >= 11 is 6.89. The zero-order valence-corrected chi connectivity index (χ0v) is 20.3. The SMILES string of the molecule is CCOC(=O)c1cc(-c2ccccc2)sc1NC(=S)Nc1ccc(-c2ccccc2[N+](=O)[O-])cc1. The summed E-state index contributed by atoms with van der Waals surface area (Å²) in [6.45, 7) is 2.03. The third kappa shape index (κ3) is 5.71. The monoisotopic (exact) mass is 503 g/mol. The summed E-state index contributed by atoms with van der Waals surface area (Å²) in [7, 11) is 0. The highest BCUT2D eigenvalue weighted by molar-refractivity contribution is 7.80. The van der Waals surface area contributed by atoms with Crippen molar-refractivity contribution < 1.29 is 14.5 Å². The maximum atomic E-state index is 12.5. The molecule has 1 aromatic heterocycles. The Balaban J connectivity index is 1.52. The Kier molecular flexibility index (Phi) is 7.49. The van der Waals surface area contributed by atoms with Crippen LogP contribution in [0.2, 0.25) is 0 Å². The highest BCUT2D eigenvalue weighted by Crippen LogP contribution is 2.36. The first-order chi connectivity index (χ1) is 17.0. The summed E-state index contributed by atoms with van der Waals surface area (Å²) in [5.74, 6) is -0.426. The quantitative estimate of drug-likeness (QED) is 0.122. The molecule has 7 nitrogen and oxygen atoms in total. The second kappa shape index (κ2) is 10.9. The topological polar surface area (TPSA) is 93.5 Å². The average molecular weight is 504 g/mol. The highest BCUT2D eigenvalue weighted by atomic mass is 32.1. The van der Waals surface area contributed by atoms with Crippen LogP contribution in [0.15, 0.2) is 84.9 Å². The van der Waals surface area contributed by atoms with Crippen LogP contribution < -0.4 is 10.6 Å². The Morgan fingerprint density at radius 3 is 2.34 bits per heavy atom. The zero-order valence-electron chi connectivity index (χ0n) is 18.7. The molecular weight excluding hydrogens is 482 g/mol. The Bertz CT molecular complexity index is 1370. The molecule has 4 aromatic rings. The van der Waals surface area contributed by atoms with E-state index in [-0.39, 0.29) is 12.3 Å². The average Bonchev–Trinajstić information content (AvgIpc) is 3.29. The first-order valence-corrected chi connectivity index (χ1v) is 12.0. The van der Waals surface area contributed by atoms with E-state index in [2.05, 4.69) is 10.6 Å². The largest absolute Gasteiger partial charge is 0.462 e. The third-order valence-corrected chi connectivity index (χ3v) is 6.37. The molecule has 9 heteroatoms. The van der Waals surface area contributed by atoms with E-state index in [0.717, 1.165) is 16.0 Å². The van der Waals surface area contributed by atoms with Gasteiger partial charge in [0.1, 0.15) is 5.00 Å². The Hall–Kier alpha value is -4.08. The minimum Gasteiger partial charge on any atom is -0.462 e. The van der Waals surface area contributed by atoms with Crippen molar-refractivity contribution in [2.24, 2.45) is 0 Å². The lowest BCUT2D eigenvalue weighted by atomic mass is 10.0. The minimum absolute atomic E-state index is 0.0452. The molecule has 0 amide bonds. The molecule has 3 aromatic carbocycles. The number of thiocarbonyl (C=S) groups is 1. The van der Waals surface area contributed by atoms with E-state index < -0.39 is 10.9 Å². The van der Waals surface area contributed by atoms with Gasteiger partial charge in [0.05, 0.1) is 22.7 Å². The molecule has 4 rings (SSSR count). The van der Waals surface area contributed by atoms with Gasteiger partial charge in [-0.2, -0.15) is 0 Å². The van der Waals surface area contributed by atoms with Gasteiger partial charge < -0.3 is 15.4 Å². The number of ether oxygens (including phenoxy) is 1. The number of anilines is 2. The van der Waals surface area contributed by atoms with Gasteiger partial charge in [-0.25, -0.2) is 4.79 Å². The molecule has 0 saturated heterocycles. The standard InChI is InChI=1S/C26H21N3O4S2/c1-2-33-25(30)21-16-23(18-8-4-3-5-9-18)35-24(21)28-26(34)27-19-14-12-17(13-15-19)20-10-6-7-11-22(20)29(31)32/h3-16H,2H2,1H3,(H2,27,28,34). The highest BCUT2D eigenvalue weighted by Gasteiger charge is 2.19. The second-order valence-electron chi connectivity index (χ2n) is 7.37. The molecule has 0 aliphatic carbocycles. The minimum atomic E-state index is -0.426. The van der Waals surface area contributed by atoms with Gasteiger partial charge in [0.25, 0.3) is 5.69 Å². The summed E-state index contributed by atoms with van der Waals surface area (Å²) < 4.78 is 5.22. The van der Waals surface area contributed by atoms with Crippen molar-refractivity contribution in [1.29, 1.82) is 0 Å². The number of para-hydroxylation sites is 1. The molecular formula is C26H21N3O4S2. The molecule has 0 fully saturated rings. The molecule has 0 bridgehead atoms. The van der Waals surface area contributed by atoms with Gasteiger partial charge in [0, 0.05) is 16.6 Å². The molecule has 2 N–H and O–H groups in total. The fourth-order valence-corrected chi connectivity index (χ4v) is 4.81. The van der Waals surface area contributed by atoms with Gasteiger partial charge in [0.2, 0.25) is 0 Å². The van der Waals surface area contributed by atoms with Gasteiger partial charge in [-0.15, -0.1) is 11.3 Å². The van der Waals surface area contributed by atoms with Crippen LogP contribution in [0.1, 0.15) is 17.3 Å². The van der Waals surface area contributed by atoms with Crippen LogP contribution in [0.4, 0.5) is 16.4 Å². The number of thiophene rings is 1. The maximum Gasteiger partial charge on any atom is 0.341 e. The summed E-state index contributed by atoms with van der Waals surface area (Å²) in [5, 5.41) is 18.4. The number of rotatable bonds is 7. The molecule has 0 unspecified atom stereocenters. The maximum absolute atomic E-state index is 12.5. The van der Waals surface area contributed by atoms with E-state index in [1.807, 2.05) is 30.3 Å². The fraction of sp³-hybridized carbons (Fsp3) is 0.0769. The number of hydrogen-bond acceptors (Lipinski definition) is 6. The number of nitrogens with one attached hydrogen (secondary N) is 2. The lowest BCUT2D eigenvalue weighted by Crippen LogP contribution is -2.20. The van der Waals surface area contributed by atoms with Crippen molar-refractivity contribution in [1.82, 2.24) is 0 Å². The molecule has 1 heterocycles. The van der Waals surface area contributed by atoms with Crippen LogP contribution in [0.5, 0.6) is 0 Å². The van der Waals surface area contributed by atoms with Gasteiger partial charge in [-0.3, -0.25) is 10.1 Å². The Morgan fingerprint density at radius 2 is 1.66 bits per heavy atom. The summed E-state index contributed by atoms with van der Waals surface area (Å²) in [6, 6.07) is 25.3. The van der Waals surface area contributed by atoms with E-state index in [9.17, 15) is 14.9 Å². The third-order valence-electron chi connectivity index (χ3n) is 5.07. The predicted octanol–water partition coefficient (Wildman–Crippen LogP) is 6.98. The van der Waals surface area contributed by atoms with E-state index in [1.165, 1.54) is 17.4 Å². The fourth-order valence-electron chi connectivity index (χ4n) is 3.46. The van der Waals surface area contributed by atoms with Crippen LogP contribution in [-0.2, 0) is 4.74 Å². The summed E-state index contributed by atoms with van der Waals surface area (Å²) in [6.07, 6.45) is 0. The van der Waals surface area contributed by atoms with Crippen LogP contribution in [-0.4, -0.2) is 22.6 Å². The number of carbonyl (C=O) groups is 1. The molecule has 0 aliphatic rings. The van der Waals surface area contributed by atoms with Gasteiger partial charge in [0.15, 0.2) is 5.11 Å². The molecule has 0 atom stereocenters. The van der Waals surface area contributed by atoms with E-state index in [1.54, 1.807) is 55.5 Å². The molecule has 0 saturated carbocycles. The zero-order chi connectivity index (χ0) is 24.8. The number of esters is 1. The molecule has 176 valence electrons. The lowest BCUT2D eigenvalue weighted by Gasteiger charge is -2.11. The first-order valence-electron chi connectivity index (χ1n) is 10.7. The molecule has 35 heavy (non-hydrogen) atoms. The summed E-state index contributed by atoms with van der Waals surface area (Å²) in [5.41, 5.74) is 3.39. The molecule has 0 spiro atoms. The second-order valence-corrected chi connectivity index (χ2v) is 8.83. The van der Waals surface area contributed by atoms with Crippen LogP contribution in [0, 0.1) is 10.1 Å². The number of nitro groups is 1. The van der Waals surface area contributed by atoms with Crippen molar-refractivity contribution in [3.05, 3.63) is 101 Å². The van der Waals surface area contributed by atoms with E-state index in [4.69, 9.17) is 17.0 Å². The van der Waals surface area contributed by atoms with Gasteiger partial charge in [-0.1, -0.05) is 54.6 Å². The number of carbonyl (C=O) groups excluding carboxylic acids is 1. The van der Waals surface area contributed by atoms with Crippen molar-refractivity contribution in [2.45, 2.75) is 6.92 Å². The number of nitro benzene ring substituents is 1. The number of nitrogens with zero attached hydrogens (tertiary/aromatic N) is 1. The Labute approximate surface area is 211 Å². The molecule has 0 radical (unpaired) electrons. The van der Waals surface area contributed by atoms with Gasteiger partial charge >= 0.3 is 5.97 Å².